The molecule has 0 bridgehead atoms. The van der Waals surface area contributed by atoms with Crippen LogP contribution in [-0.2, 0) is 4.79 Å². The topological polar surface area (TPSA) is 43.8 Å². The zero-order valence-corrected chi connectivity index (χ0v) is 8.48. The molecule has 0 spiro atoms. The van der Waals surface area contributed by atoms with E-state index in [4.69, 9.17) is 5.11 Å². The Morgan fingerprint density at radius 3 is 2.38 bits per heavy atom. The third-order valence-electron chi connectivity index (χ3n) is 2.46. The zero-order valence-electron chi connectivity index (χ0n) is 8.48. The summed E-state index contributed by atoms with van der Waals surface area (Å²) in [5, 5.41) is 8.86. The van der Waals surface area contributed by atoms with Gasteiger partial charge in [0.25, 0.3) is 0 Å². The molecule has 1 aliphatic rings. The van der Waals surface area contributed by atoms with E-state index >= 15 is 0 Å². The molecule has 4 heteroatoms. The van der Waals surface area contributed by atoms with E-state index in [1.54, 1.807) is 18.1 Å². The maximum atomic E-state index is 10.8. The number of nitrogens with zero attached hydrogens (tertiary/aromatic N) is 2. The Balaban J connectivity index is 2.88. The Morgan fingerprint density at radius 1 is 1.62 bits per heavy atom. The van der Waals surface area contributed by atoms with E-state index in [0.29, 0.717) is 11.7 Å². The predicted octanol–water partition coefficient (Wildman–Crippen LogP) is 0.914. The summed E-state index contributed by atoms with van der Waals surface area (Å²) in [5.74, 6) is -0.863. The van der Waals surface area contributed by atoms with Gasteiger partial charge < -0.3 is 14.9 Å². The molecule has 1 atom stereocenters. The molecule has 4 nitrogen and oxygen atoms in total. The van der Waals surface area contributed by atoms with Crippen molar-refractivity contribution in [3.05, 3.63) is 11.9 Å². The summed E-state index contributed by atoms with van der Waals surface area (Å²) < 4.78 is 0. The minimum absolute atomic E-state index is 0.131. The predicted molar refractivity (Wildman–Crippen MR) is 49.9 cm³/mol. The second kappa shape index (κ2) is 3.28. The Bertz CT molecular complexity index is 248. The van der Waals surface area contributed by atoms with Crippen LogP contribution in [0.2, 0.25) is 0 Å². The molecule has 1 rings (SSSR count). The van der Waals surface area contributed by atoms with E-state index in [-0.39, 0.29) is 6.17 Å². The highest BCUT2D eigenvalue weighted by Gasteiger charge is 2.30. The number of aliphatic carboxylic acids is 1. The molecule has 1 N–H and O–H groups in total. The van der Waals surface area contributed by atoms with Gasteiger partial charge in [0.05, 0.1) is 6.17 Å². The number of carboxylic acids is 1. The first-order valence-electron chi connectivity index (χ1n) is 4.40. The summed E-state index contributed by atoms with van der Waals surface area (Å²) >= 11 is 0. The Hall–Kier alpha value is -1.19. The molecule has 0 saturated heterocycles. The second-order valence-electron chi connectivity index (χ2n) is 3.60. The number of carbonyl (C=O) groups is 1. The lowest BCUT2D eigenvalue weighted by Gasteiger charge is -2.30. The van der Waals surface area contributed by atoms with Crippen LogP contribution >= 0.6 is 0 Å². The average Bonchev–Trinajstić information content (AvgIpc) is 2.29. The fourth-order valence-corrected chi connectivity index (χ4v) is 1.53. The molecule has 1 unspecified atom stereocenters. The SMILES string of the molecule is CC(C)N1C=C(C(=O)O)N(C)C1C. The van der Waals surface area contributed by atoms with Gasteiger partial charge in [0.1, 0.15) is 5.70 Å². The van der Waals surface area contributed by atoms with Crippen LogP contribution in [0.5, 0.6) is 0 Å². The normalized spacial score (nSPS) is 22.5. The van der Waals surface area contributed by atoms with Gasteiger partial charge in [-0.15, -0.1) is 0 Å². The van der Waals surface area contributed by atoms with E-state index in [0.717, 1.165) is 0 Å². The summed E-state index contributed by atoms with van der Waals surface area (Å²) in [6.45, 7) is 6.09. The van der Waals surface area contributed by atoms with E-state index in [1.165, 1.54) is 0 Å². The van der Waals surface area contributed by atoms with Crippen LogP contribution in [0.1, 0.15) is 20.8 Å². The van der Waals surface area contributed by atoms with Gasteiger partial charge in [0, 0.05) is 19.3 Å². The molecule has 0 aromatic carbocycles. The molecule has 1 aliphatic heterocycles. The first-order valence-corrected chi connectivity index (χ1v) is 4.40. The highest BCUT2D eigenvalue weighted by atomic mass is 16.4. The van der Waals surface area contributed by atoms with Crippen LogP contribution in [0.25, 0.3) is 0 Å². The van der Waals surface area contributed by atoms with Gasteiger partial charge in [-0.2, -0.15) is 0 Å². The van der Waals surface area contributed by atoms with Crippen LogP contribution in [0.15, 0.2) is 11.9 Å². The van der Waals surface area contributed by atoms with E-state index in [2.05, 4.69) is 0 Å². The summed E-state index contributed by atoms with van der Waals surface area (Å²) in [7, 11) is 1.80. The number of carboxylic acid groups (broad SMARTS) is 1. The minimum atomic E-state index is -0.863. The Labute approximate surface area is 78.4 Å². The van der Waals surface area contributed by atoms with Crippen LogP contribution in [0.4, 0.5) is 0 Å². The number of hydrogen-bond acceptors (Lipinski definition) is 3. The first-order chi connectivity index (χ1) is 5.95. The molecule has 0 fully saturated rings. The molecule has 13 heavy (non-hydrogen) atoms. The van der Waals surface area contributed by atoms with Crippen molar-refractivity contribution in [3.8, 4) is 0 Å². The molecule has 1 heterocycles. The number of rotatable bonds is 2. The van der Waals surface area contributed by atoms with Gasteiger partial charge in [0.2, 0.25) is 0 Å². The van der Waals surface area contributed by atoms with Gasteiger partial charge in [-0.25, -0.2) is 4.79 Å². The van der Waals surface area contributed by atoms with E-state index < -0.39 is 5.97 Å². The molecular formula is C9H16N2O2. The quantitative estimate of drug-likeness (QED) is 0.693. The van der Waals surface area contributed by atoms with Crippen LogP contribution < -0.4 is 0 Å². The monoisotopic (exact) mass is 184 g/mol. The van der Waals surface area contributed by atoms with Crippen LogP contribution in [0, 0.1) is 0 Å². The molecule has 0 radical (unpaired) electrons. The first kappa shape index (κ1) is 9.89. The third-order valence-corrected chi connectivity index (χ3v) is 2.46. The van der Waals surface area contributed by atoms with Crippen molar-refractivity contribution < 1.29 is 9.90 Å². The van der Waals surface area contributed by atoms with Crippen LogP contribution in [0.3, 0.4) is 0 Å². The van der Waals surface area contributed by atoms with Crippen molar-refractivity contribution in [1.82, 2.24) is 9.80 Å². The zero-order chi connectivity index (χ0) is 10.2. The van der Waals surface area contributed by atoms with Gasteiger partial charge >= 0.3 is 5.97 Å². The average molecular weight is 184 g/mol. The van der Waals surface area contributed by atoms with Crippen molar-refractivity contribution in [2.24, 2.45) is 0 Å². The summed E-state index contributed by atoms with van der Waals surface area (Å²) in [5.41, 5.74) is 0.362. The third kappa shape index (κ3) is 1.61. The van der Waals surface area contributed by atoms with Crippen LogP contribution in [-0.4, -0.2) is 40.1 Å². The van der Waals surface area contributed by atoms with Crippen molar-refractivity contribution in [2.45, 2.75) is 33.0 Å². The number of likely N-dealkylation sites (N-methyl/N-ethyl adjacent to an activating group) is 1. The highest BCUT2D eigenvalue weighted by Crippen LogP contribution is 2.22. The largest absolute Gasteiger partial charge is 0.477 e. The molecule has 0 aromatic rings. The summed E-state index contributed by atoms with van der Waals surface area (Å²) in [6.07, 6.45) is 1.84. The lowest BCUT2D eigenvalue weighted by atomic mass is 10.3. The van der Waals surface area contributed by atoms with Gasteiger partial charge in [-0.3, -0.25) is 0 Å². The van der Waals surface area contributed by atoms with Crippen molar-refractivity contribution in [2.75, 3.05) is 7.05 Å². The van der Waals surface area contributed by atoms with Crippen molar-refractivity contribution in [3.63, 3.8) is 0 Å². The summed E-state index contributed by atoms with van der Waals surface area (Å²) in [4.78, 5) is 14.6. The van der Waals surface area contributed by atoms with E-state index in [1.807, 2.05) is 25.7 Å². The van der Waals surface area contributed by atoms with E-state index in [9.17, 15) is 4.79 Å². The molecule has 0 saturated carbocycles. The maximum absolute atomic E-state index is 10.8. The van der Waals surface area contributed by atoms with Crippen molar-refractivity contribution in [1.29, 1.82) is 0 Å². The smallest absolute Gasteiger partial charge is 0.353 e. The van der Waals surface area contributed by atoms with Gasteiger partial charge in [-0.05, 0) is 20.8 Å². The molecule has 0 aliphatic carbocycles. The van der Waals surface area contributed by atoms with Gasteiger partial charge in [0.15, 0.2) is 0 Å². The second-order valence-corrected chi connectivity index (χ2v) is 3.60. The molecular weight excluding hydrogens is 168 g/mol. The Kier molecular flexibility index (Phi) is 2.50. The van der Waals surface area contributed by atoms with Gasteiger partial charge in [-0.1, -0.05) is 0 Å². The standard InChI is InChI=1S/C9H16N2O2/c1-6(2)11-5-8(9(12)13)10(4)7(11)3/h5-7H,1-4H3,(H,12,13). The molecule has 0 aromatic heterocycles. The fraction of sp³-hybridized carbons (Fsp3) is 0.667. The minimum Gasteiger partial charge on any atom is -0.477 e. The lowest BCUT2D eigenvalue weighted by Crippen LogP contribution is -2.38. The molecule has 0 amide bonds. The highest BCUT2D eigenvalue weighted by molar-refractivity contribution is 5.86. The Morgan fingerprint density at radius 2 is 2.15 bits per heavy atom. The lowest BCUT2D eigenvalue weighted by molar-refractivity contribution is -0.134. The van der Waals surface area contributed by atoms with Crippen molar-refractivity contribution >= 4 is 5.97 Å². The maximum Gasteiger partial charge on any atom is 0.353 e. The fourth-order valence-electron chi connectivity index (χ4n) is 1.53. The summed E-state index contributed by atoms with van der Waals surface area (Å²) in [6, 6.07) is 0.328. The molecule has 74 valence electrons. The number of hydrogen-bond donors (Lipinski definition) is 1.